The van der Waals surface area contributed by atoms with Crippen LogP contribution in [0.3, 0.4) is 0 Å². The van der Waals surface area contributed by atoms with E-state index in [4.69, 9.17) is 11.6 Å². The fraction of sp³-hybridized carbons (Fsp3) is 0.417. The molecule has 1 aliphatic rings. The van der Waals surface area contributed by atoms with Gasteiger partial charge in [0.2, 0.25) is 0 Å². The molecule has 17 heavy (non-hydrogen) atoms. The molecule has 0 radical (unpaired) electrons. The third kappa shape index (κ3) is 3.18. The number of thioether (sulfide) groups is 1. The van der Waals surface area contributed by atoms with E-state index < -0.39 is 0 Å². The molecule has 0 spiro atoms. The Morgan fingerprint density at radius 3 is 3.00 bits per heavy atom. The summed E-state index contributed by atoms with van der Waals surface area (Å²) < 4.78 is 0.818. The maximum atomic E-state index is 12.3. The summed E-state index contributed by atoms with van der Waals surface area (Å²) in [6.45, 7) is 3.79. The second-order valence-electron chi connectivity index (χ2n) is 4.06. The third-order valence-corrected chi connectivity index (χ3v) is 5.06. The number of hydrogen-bond donors (Lipinski definition) is 0. The normalized spacial score (nSPS) is 20.4. The molecule has 0 N–H and O–H groups in total. The van der Waals surface area contributed by atoms with Crippen molar-refractivity contribution in [2.75, 3.05) is 18.8 Å². The average molecular weight is 335 g/mol. The molecule has 1 aromatic rings. The van der Waals surface area contributed by atoms with Crippen LogP contribution < -0.4 is 0 Å². The van der Waals surface area contributed by atoms with Crippen LogP contribution in [0.1, 0.15) is 17.3 Å². The highest BCUT2D eigenvalue weighted by Gasteiger charge is 2.22. The lowest BCUT2D eigenvalue weighted by molar-refractivity contribution is 0.0763. The number of nitrogens with zero attached hydrogens (tertiary/aromatic N) is 1. The van der Waals surface area contributed by atoms with E-state index in [9.17, 15) is 4.79 Å². The van der Waals surface area contributed by atoms with Crippen molar-refractivity contribution in [2.45, 2.75) is 12.2 Å². The molecule has 1 unspecified atom stereocenters. The van der Waals surface area contributed by atoms with E-state index in [-0.39, 0.29) is 5.91 Å². The van der Waals surface area contributed by atoms with E-state index in [2.05, 4.69) is 22.9 Å². The van der Waals surface area contributed by atoms with E-state index in [0.717, 1.165) is 23.3 Å². The van der Waals surface area contributed by atoms with Gasteiger partial charge < -0.3 is 4.90 Å². The minimum atomic E-state index is 0.0755. The topological polar surface area (TPSA) is 20.3 Å². The van der Waals surface area contributed by atoms with E-state index in [1.807, 2.05) is 28.8 Å². The molecule has 2 nitrogen and oxygen atoms in total. The molecular weight excluding hydrogens is 322 g/mol. The predicted molar refractivity (Wildman–Crippen MR) is 77.0 cm³/mol. The van der Waals surface area contributed by atoms with Gasteiger partial charge in [0.15, 0.2) is 0 Å². The second-order valence-corrected chi connectivity index (χ2v) is 6.87. The Balaban J connectivity index is 2.15. The fourth-order valence-corrected chi connectivity index (χ4v) is 3.26. The number of carbonyl (C=O) groups excluding carboxylic acids is 1. The van der Waals surface area contributed by atoms with Crippen molar-refractivity contribution >= 4 is 45.2 Å². The molecule has 2 rings (SSSR count). The Morgan fingerprint density at radius 1 is 1.59 bits per heavy atom. The summed E-state index contributed by atoms with van der Waals surface area (Å²) in [5.41, 5.74) is 0.664. The minimum absolute atomic E-state index is 0.0755. The van der Waals surface area contributed by atoms with Crippen LogP contribution in [0.2, 0.25) is 5.02 Å². The minimum Gasteiger partial charge on any atom is -0.337 e. The molecule has 5 heteroatoms. The number of halogens is 2. The van der Waals surface area contributed by atoms with Crippen LogP contribution in [0.15, 0.2) is 22.7 Å². The highest BCUT2D eigenvalue weighted by molar-refractivity contribution is 9.10. The van der Waals surface area contributed by atoms with Crippen LogP contribution in [0.5, 0.6) is 0 Å². The van der Waals surface area contributed by atoms with Crippen LogP contribution in [-0.2, 0) is 0 Å². The van der Waals surface area contributed by atoms with Gasteiger partial charge in [0, 0.05) is 34.1 Å². The Bertz CT molecular complexity index is 441. The predicted octanol–water partition coefficient (Wildman–Crippen LogP) is 3.68. The van der Waals surface area contributed by atoms with Gasteiger partial charge in [0.05, 0.1) is 5.02 Å². The zero-order valence-electron chi connectivity index (χ0n) is 9.45. The van der Waals surface area contributed by atoms with Crippen LogP contribution >= 0.6 is 39.3 Å². The Labute approximate surface area is 119 Å². The summed E-state index contributed by atoms with van der Waals surface area (Å²) in [6.07, 6.45) is 0. The molecule has 1 saturated heterocycles. The van der Waals surface area contributed by atoms with Gasteiger partial charge in [-0.05, 0) is 34.1 Å². The summed E-state index contributed by atoms with van der Waals surface area (Å²) in [5, 5.41) is 1.09. The quantitative estimate of drug-likeness (QED) is 0.781. The highest BCUT2D eigenvalue weighted by Crippen LogP contribution is 2.25. The van der Waals surface area contributed by atoms with Crippen molar-refractivity contribution < 1.29 is 4.79 Å². The van der Waals surface area contributed by atoms with E-state index >= 15 is 0 Å². The smallest absolute Gasteiger partial charge is 0.253 e. The lowest BCUT2D eigenvalue weighted by atomic mass is 10.2. The first-order valence-electron chi connectivity index (χ1n) is 5.44. The Hall–Kier alpha value is -0.190. The summed E-state index contributed by atoms with van der Waals surface area (Å²) in [6, 6.07) is 5.35. The fourth-order valence-electron chi connectivity index (χ4n) is 1.81. The molecule has 92 valence electrons. The van der Waals surface area contributed by atoms with Crippen molar-refractivity contribution in [3.8, 4) is 0 Å². The zero-order valence-corrected chi connectivity index (χ0v) is 12.6. The van der Waals surface area contributed by atoms with Gasteiger partial charge in [0.1, 0.15) is 0 Å². The van der Waals surface area contributed by atoms with Gasteiger partial charge in [0.25, 0.3) is 5.91 Å². The first-order chi connectivity index (χ1) is 8.08. The SMILES string of the molecule is CC1CN(C(=O)c2ccc(Br)c(Cl)c2)CCS1. The van der Waals surface area contributed by atoms with Crippen LogP contribution in [0, 0.1) is 0 Å². The Morgan fingerprint density at radius 2 is 2.35 bits per heavy atom. The van der Waals surface area contributed by atoms with Crippen molar-refractivity contribution in [2.24, 2.45) is 0 Å². The number of hydrogen-bond acceptors (Lipinski definition) is 2. The maximum absolute atomic E-state index is 12.3. The average Bonchev–Trinajstić information content (AvgIpc) is 2.32. The first kappa shape index (κ1) is 13.2. The van der Waals surface area contributed by atoms with E-state index in [1.54, 1.807) is 6.07 Å². The number of carbonyl (C=O) groups is 1. The molecule has 1 aromatic carbocycles. The monoisotopic (exact) mass is 333 g/mol. The molecule has 1 heterocycles. The number of benzene rings is 1. The van der Waals surface area contributed by atoms with Gasteiger partial charge in [-0.1, -0.05) is 18.5 Å². The van der Waals surface area contributed by atoms with Gasteiger partial charge >= 0.3 is 0 Å². The van der Waals surface area contributed by atoms with Gasteiger partial charge in [-0.15, -0.1) is 0 Å². The summed E-state index contributed by atoms with van der Waals surface area (Å²) in [4.78, 5) is 14.2. The van der Waals surface area contributed by atoms with Crippen LogP contribution in [0.25, 0.3) is 0 Å². The van der Waals surface area contributed by atoms with Gasteiger partial charge in [-0.3, -0.25) is 4.79 Å². The number of rotatable bonds is 1. The molecule has 0 aromatic heterocycles. The zero-order chi connectivity index (χ0) is 12.4. The largest absolute Gasteiger partial charge is 0.337 e. The van der Waals surface area contributed by atoms with Crippen LogP contribution in [-0.4, -0.2) is 34.9 Å². The van der Waals surface area contributed by atoms with Crippen molar-refractivity contribution in [3.05, 3.63) is 33.3 Å². The standard InChI is InChI=1S/C12H13BrClNOS/c1-8-7-15(4-5-17-8)12(16)9-2-3-10(13)11(14)6-9/h2-3,6,8H,4-5,7H2,1H3. The molecule has 1 atom stereocenters. The molecule has 1 aliphatic heterocycles. The molecular formula is C12H13BrClNOS. The molecule has 0 saturated carbocycles. The molecule has 1 fully saturated rings. The van der Waals surface area contributed by atoms with Crippen molar-refractivity contribution in [1.82, 2.24) is 4.90 Å². The van der Waals surface area contributed by atoms with E-state index in [1.165, 1.54) is 0 Å². The van der Waals surface area contributed by atoms with Crippen LogP contribution in [0.4, 0.5) is 0 Å². The molecule has 0 bridgehead atoms. The summed E-state index contributed by atoms with van der Waals surface area (Å²) >= 11 is 11.2. The lowest BCUT2D eigenvalue weighted by Gasteiger charge is -2.30. The molecule has 0 aliphatic carbocycles. The third-order valence-electron chi connectivity index (χ3n) is 2.69. The molecule has 1 amide bonds. The van der Waals surface area contributed by atoms with Gasteiger partial charge in [-0.2, -0.15) is 11.8 Å². The lowest BCUT2D eigenvalue weighted by Crippen LogP contribution is -2.41. The van der Waals surface area contributed by atoms with Crippen molar-refractivity contribution in [3.63, 3.8) is 0 Å². The van der Waals surface area contributed by atoms with E-state index in [0.29, 0.717) is 15.8 Å². The van der Waals surface area contributed by atoms with Gasteiger partial charge in [-0.25, -0.2) is 0 Å². The highest BCUT2D eigenvalue weighted by atomic mass is 79.9. The van der Waals surface area contributed by atoms with Crippen molar-refractivity contribution in [1.29, 1.82) is 0 Å². The number of amides is 1. The first-order valence-corrected chi connectivity index (χ1v) is 7.66. The summed E-state index contributed by atoms with van der Waals surface area (Å²) in [5.74, 6) is 1.09. The second kappa shape index (κ2) is 5.63. The Kier molecular flexibility index (Phi) is 4.39. The maximum Gasteiger partial charge on any atom is 0.253 e. The summed E-state index contributed by atoms with van der Waals surface area (Å²) in [7, 11) is 0.